The first-order valence-electron chi connectivity index (χ1n) is 5.43. The van der Waals surface area contributed by atoms with Gasteiger partial charge in [-0.2, -0.15) is 0 Å². The molecule has 1 aliphatic rings. The lowest BCUT2D eigenvalue weighted by molar-refractivity contribution is -0.117. The van der Waals surface area contributed by atoms with E-state index in [1.807, 2.05) is 6.92 Å². The highest BCUT2D eigenvalue weighted by Crippen LogP contribution is 2.39. The molecule has 0 bridgehead atoms. The topological polar surface area (TPSA) is 66.4 Å². The number of anilines is 1. The molecule has 1 aromatic rings. The summed E-state index contributed by atoms with van der Waals surface area (Å²) >= 11 is 6.50. The van der Waals surface area contributed by atoms with E-state index in [0.717, 1.165) is 6.42 Å². The van der Waals surface area contributed by atoms with Crippen LogP contribution in [-0.4, -0.2) is 17.0 Å². The zero-order chi connectivity index (χ0) is 13.4. The predicted molar refractivity (Wildman–Crippen MR) is 74.7 cm³/mol. The van der Waals surface area contributed by atoms with E-state index in [0.29, 0.717) is 20.6 Å². The van der Waals surface area contributed by atoms with E-state index < -0.39 is 5.97 Å². The molecule has 0 aromatic heterocycles. The van der Waals surface area contributed by atoms with Crippen molar-refractivity contribution in [2.75, 3.05) is 5.32 Å². The van der Waals surface area contributed by atoms with Crippen LogP contribution in [0.3, 0.4) is 0 Å². The monoisotopic (exact) mass is 375 g/mol. The summed E-state index contributed by atoms with van der Waals surface area (Å²) in [6.45, 7) is 2.00. The average molecular weight is 377 g/mol. The van der Waals surface area contributed by atoms with Gasteiger partial charge < -0.3 is 10.4 Å². The zero-order valence-electron chi connectivity index (χ0n) is 9.54. The molecule has 0 saturated heterocycles. The normalized spacial score (nSPS) is 21.5. The summed E-state index contributed by atoms with van der Waals surface area (Å²) in [4.78, 5) is 23.0. The Balaban J connectivity index is 2.31. The smallest absolute Gasteiger partial charge is 0.337 e. The van der Waals surface area contributed by atoms with Gasteiger partial charge in [-0.3, -0.25) is 4.79 Å². The third-order valence-electron chi connectivity index (χ3n) is 2.98. The van der Waals surface area contributed by atoms with Crippen molar-refractivity contribution < 1.29 is 14.7 Å². The number of carbonyl (C=O) groups is 2. The van der Waals surface area contributed by atoms with Crippen molar-refractivity contribution in [1.82, 2.24) is 0 Å². The number of carboxylic acid groups (broad SMARTS) is 1. The number of halogens is 2. The fraction of sp³-hybridized carbons (Fsp3) is 0.333. The van der Waals surface area contributed by atoms with Gasteiger partial charge >= 0.3 is 5.97 Å². The number of carbonyl (C=O) groups excluding carboxylic acids is 1. The summed E-state index contributed by atoms with van der Waals surface area (Å²) in [6, 6.07) is 3.18. The second kappa shape index (κ2) is 5.01. The largest absolute Gasteiger partial charge is 0.478 e. The molecule has 2 atom stereocenters. The van der Waals surface area contributed by atoms with Gasteiger partial charge in [0.15, 0.2) is 0 Å². The molecule has 1 aliphatic carbocycles. The molecule has 1 amide bonds. The van der Waals surface area contributed by atoms with Crippen LogP contribution in [0.25, 0.3) is 0 Å². The van der Waals surface area contributed by atoms with Crippen molar-refractivity contribution in [2.45, 2.75) is 13.3 Å². The van der Waals surface area contributed by atoms with Crippen LogP contribution in [0.2, 0.25) is 0 Å². The molecule has 0 aliphatic heterocycles. The van der Waals surface area contributed by atoms with E-state index >= 15 is 0 Å². The lowest BCUT2D eigenvalue weighted by atomic mass is 10.1. The van der Waals surface area contributed by atoms with Crippen molar-refractivity contribution in [3.8, 4) is 0 Å². The fourth-order valence-electron chi connectivity index (χ4n) is 1.77. The van der Waals surface area contributed by atoms with Crippen molar-refractivity contribution in [3.63, 3.8) is 0 Å². The molecular weight excluding hydrogens is 366 g/mol. The van der Waals surface area contributed by atoms with Crippen molar-refractivity contribution in [3.05, 3.63) is 26.6 Å². The number of nitrogens with one attached hydrogen (secondary N) is 1. The van der Waals surface area contributed by atoms with Crippen LogP contribution in [0.5, 0.6) is 0 Å². The minimum absolute atomic E-state index is 0.00203. The molecule has 2 N–H and O–H groups in total. The van der Waals surface area contributed by atoms with Crippen LogP contribution in [-0.2, 0) is 4.79 Å². The molecule has 4 nitrogen and oxygen atoms in total. The first kappa shape index (κ1) is 13.5. The van der Waals surface area contributed by atoms with Gasteiger partial charge in [0.05, 0.1) is 11.3 Å². The SMILES string of the molecule is CC1CC1C(=O)Nc1c(Br)cc(Br)cc1C(=O)O. The minimum atomic E-state index is -1.07. The van der Waals surface area contributed by atoms with Crippen LogP contribution < -0.4 is 5.32 Å². The maximum Gasteiger partial charge on any atom is 0.337 e. The van der Waals surface area contributed by atoms with Crippen molar-refractivity contribution in [2.24, 2.45) is 11.8 Å². The summed E-state index contributed by atoms with van der Waals surface area (Å²) in [5.41, 5.74) is 0.382. The molecular formula is C12H11Br2NO3. The molecule has 2 unspecified atom stereocenters. The molecule has 1 fully saturated rings. The first-order valence-corrected chi connectivity index (χ1v) is 7.02. The Morgan fingerprint density at radius 3 is 2.50 bits per heavy atom. The van der Waals surface area contributed by atoms with Gasteiger partial charge in [-0.15, -0.1) is 0 Å². The van der Waals surface area contributed by atoms with Crippen LogP contribution >= 0.6 is 31.9 Å². The molecule has 96 valence electrons. The maximum atomic E-state index is 11.9. The summed E-state index contributed by atoms with van der Waals surface area (Å²) in [5.74, 6) is -0.807. The van der Waals surface area contributed by atoms with Crippen LogP contribution in [0, 0.1) is 11.8 Å². The van der Waals surface area contributed by atoms with E-state index in [-0.39, 0.29) is 17.4 Å². The standard InChI is InChI=1S/C12H11Br2NO3/c1-5-2-7(5)11(16)15-10-8(12(17)18)3-6(13)4-9(10)14/h3-5,7H,2H2,1H3,(H,15,16)(H,17,18). The summed E-state index contributed by atoms with van der Waals surface area (Å²) in [7, 11) is 0. The summed E-state index contributed by atoms with van der Waals surface area (Å²) in [6.07, 6.45) is 0.863. The third kappa shape index (κ3) is 2.75. The number of benzene rings is 1. The molecule has 18 heavy (non-hydrogen) atoms. The van der Waals surface area contributed by atoms with Gasteiger partial charge in [0, 0.05) is 14.9 Å². The highest BCUT2D eigenvalue weighted by atomic mass is 79.9. The molecule has 2 rings (SSSR count). The lowest BCUT2D eigenvalue weighted by Gasteiger charge is -2.11. The first-order chi connectivity index (χ1) is 8.40. The molecule has 0 heterocycles. The van der Waals surface area contributed by atoms with Gasteiger partial charge in [0.2, 0.25) is 5.91 Å². The molecule has 1 aromatic carbocycles. The predicted octanol–water partition coefficient (Wildman–Crippen LogP) is 3.50. The Hall–Kier alpha value is -0.880. The molecule has 0 spiro atoms. The number of rotatable bonds is 3. The van der Waals surface area contributed by atoms with E-state index in [4.69, 9.17) is 5.11 Å². The quantitative estimate of drug-likeness (QED) is 0.848. The highest BCUT2D eigenvalue weighted by molar-refractivity contribution is 9.11. The summed E-state index contributed by atoms with van der Waals surface area (Å²) in [5, 5.41) is 11.8. The highest BCUT2D eigenvalue weighted by Gasteiger charge is 2.39. The van der Waals surface area contributed by atoms with E-state index in [1.54, 1.807) is 6.07 Å². The second-order valence-corrected chi connectivity index (χ2v) is 6.19. The van der Waals surface area contributed by atoms with Crippen LogP contribution in [0.4, 0.5) is 5.69 Å². The number of carboxylic acids is 1. The van der Waals surface area contributed by atoms with Crippen molar-refractivity contribution in [1.29, 1.82) is 0 Å². The molecule has 1 saturated carbocycles. The van der Waals surface area contributed by atoms with Gasteiger partial charge in [-0.05, 0) is 40.4 Å². The fourth-order valence-corrected chi connectivity index (χ4v) is 3.10. The number of hydrogen-bond acceptors (Lipinski definition) is 2. The Bertz CT molecular complexity index is 530. The number of amides is 1. The van der Waals surface area contributed by atoms with E-state index in [9.17, 15) is 9.59 Å². The number of hydrogen-bond donors (Lipinski definition) is 2. The Labute approximate surface area is 121 Å². The molecule has 6 heteroatoms. The van der Waals surface area contributed by atoms with Gasteiger partial charge in [0.25, 0.3) is 0 Å². The van der Waals surface area contributed by atoms with Gasteiger partial charge in [0.1, 0.15) is 0 Å². The van der Waals surface area contributed by atoms with Crippen molar-refractivity contribution >= 4 is 49.4 Å². The van der Waals surface area contributed by atoms with Gasteiger partial charge in [-0.1, -0.05) is 22.9 Å². The third-order valence-corrected chi connectivity index (χ3v) is 4.06. The van der Waals surface area contributed by atoms with Crippen LogP contribution in [0.15, 0.2) is 21.1 Å². The average Bonchev–Trinajstić information content (AvgIpc) is 2.98. The maximum absolute atomic E-state index is 11.9. The number of aromatic carboxylic acids is 1. The second-order valence-electron chi connectivity index (χ2n) is 4.42. The molecule has 0 radical (unpaired) electrons. The van der Waals surface area contributed by atoms with E-state index in [2.05, 4.69) is 37.2 Å². The van der Waals surface area contributed by atoms with Crippen LogP contribution in [0.1, 0.15) is 23.7 Å². The minimum Gasteiger partial charge on any atom is -0.478 e. The zero-order valence-corrected chi connectivity index (χ0v) is 12.7. The summed E-state index contributed by atoms with van der Waals surface area (Å²) < 4.78 is 1.19. The Kier molecular flexibility index (Phi) is 3.77. The van der Waals surface area contributed by atoms with E-state index in [1.165, 1.54) is 6.07 Å². The lowest BCUT2D eigenvalue weighted by Crippen LogP contribution is -2.17. The Morgan fingerprint density at radius 1 is 1.39 bits per heavy atom. The van der Waals surface area contributed by atoms with Gasteiger partial charge in [-0.25, -0.2) is 4.79 Å². The Morgan fingerprint density at radius 2 is 2.00 bits per heavy atom.